The Labute approximate surface area is 398 Å². The molecule has 376 valence electrons. The van der Waals surface area contributed by atoms with Crippen LogP contribution in [0.4, 0.5) is 0 Å². The van der Waals surface area contributed by atoms with E-state index in [0.717, 1.165) is 77.0 Å². The van der Waals surface area contributed by atoms with Gasteiger partial charge in [-0.2, -0.15) is 0 Å². The molecule has 0 radical (unpaired) electrons. The van der Waals surface area contributed by atoms with Crippen LogP contribution in [0.15, 0.2) is 36.5 Å². The number of amides is 1. The molecular formula is C58H109NO5. The van der Waals surface area contributed by atoms with Crippen LogP contribution in [0.25, 0.3) is 0 Å². The lowest BCUT2D eigenvalue weighted by molar-refractivity contribution is -0.151. The molecule has 0 saturated heterocycles. The maximum atomic E-state index is 13.2. The van der Waals surface area contributed by atoms with Crippen molar-refractivity contribution in [3.8, 4) is 0 Å². The molecule has 0 heterocycles. The van der Waals surface area contributed by atoms with Gasteiger partial charge in [0.2, 0.25) is 5.91 Å². The monoisotopic (exact) mass is 900 g/mol. The number of aliphatic hydroxyl groups excluding tert-OH is 2. The van der Waals surface area contributed by atoms with Crippen molar-refractivity contribution in [3.05, 3.63) is 36.5 Å². The van der Waals surface area contributed by atoms with Crippen LogP contribution in [-0.4, -0.2) is 46.9 Å². The molecule has 0 bridgehead atoms. The van der Waals surface area contributed by atoms with E-state index in [1.54, 1.807) is 0 Å². The van der Waals surface area contributed by atoms with Crippen molar-refractivity contribution < 1.29 is 24.5 Å². The second-order valence-corrected chi connectivity index (χ2v) is 19.3. The molecule has 3 unspecified atom stereocenters. The van der Waals surface area contributed by atoms with Crippen molar-refractivity contribution in [2.24, 2.45) is 0 Å². The fourth-order valence-corrected chi connectivity index (χ4v) is 8.74. The SMILES string of the molecule is CC/C=C/C/C=C/C/C=C/CCCCC(CC(=O)NC(CO)C(O)CCCCCCCCCCCCCCCC)OC(=O)CCCCCCCCCCCCCCCCCCCCC. The van der Waals surface area contributed by atoms with Gasteiger partial charge in [-0.15, -0.1) is 0 Å². The van der Waals surface area contributed by atoms with E-state index in [0.29, 0.717) is 19.3 Å². The third-order valence-electron chi connectivity index (χ3n) is 13.0. The number of unbranched alkanes of at least 4 members (excludes halogenated alkanes) is 33. The van der Waals surface area contributed by atoms with E-state index in [1.165, 1.54) is 173 Å². The first-order valence-electron chi connectivity index (χ1n) is 28.2. The zero-order valence-corrected chi connectivity index (χ0v) is 42.9. The van der Waals surface area contributed by atoms with E-state index in [2.05, 4.69) is 62.5 Å². The summed E-state index contributed by atoms with van der Waals surface area (Å²) in [4.78, 5) is 26.2. The van der Waals surface area contributed by atoms with Crippen molar-refractivity contribution in [3.63, 3.8) is 0 Å². The fourth-order valence-electron chi connectivity index (χ4n) is 8.74. The number of aliphatic hydroxyl groups is 2. The third kappa shape index (κ3) is 46.6. The van der Waals surface area contributed by atoms with Crippen LogP contribution in [-0.2, 0) is 14.3 Å². The molecule has 0 rings (SSSR count). The predicted octanol–water partition coefficient (Wildman–Crippen LogP) is 17.2. The summed E-state index contributed by atoms with van der Waals surface area (Å²) < 4.78 is 5.93. The molecule has 0 aliphatic rings. The Morgan fingerprint density at radius 2 is 0.844 bits per heavy atom. The summed E-state index contributed by atoms with van der Waals surface area (Å²) in [6, 6.07) is -0.711. The molecule has 0 aromatic carbocycles. The zero-order chi connectivity index (χ0) is 46.7. The number of nitrogens with one attached hydrogen (secondary N) is 1. The minimum absolute atomic E-state index is 0.0557. The van der Waals surface area contributed by atoms with Crippen LogP contribution in [0.5, 0.6) is 0 Å². The van der Waals surface area contributed by atoms with E-state index in [-0.39, 0.29) is 24.9 Å². The zero-order valence-electron chi connectivity index (χ0n) is 42.9. The van der Waals surface area contributed by atoms with Gasteiger partial charge in [0.15, 0.2) is 0 Å². The van der Waals surface area contributed by atoms with Gasteiger partial charge in [-0.3, -0.25) is 9.59 Å². The molecule has 1 amide bonds. The van der Waals surface area contributed by atoms with Crippen LogP contribution >= 0.6 is 0 Å². The molecule has 0 fully saturated rings. The molecule has 0 spiro atoms. The summed E-state index contributed by atoms with van der Waals surface area (Å²) in [6.07, 6.45) is 62.2. The first-order valence-corrected chi connectivity index (χ1v) is 28.2. The highest BCUT2D eigenvalue weighted by atomic mass is 16.5. The maximum absolute atomic E-state index is 13.2. The first kappa shape index (κ1) is 62.1. The first-order chi connectivity index (χ1) is 31.5. The Hall–Kier alpha value is -1.92. The predicted molar refractivity (Wildman–Crippen MR) is 278 cm³/mol. The van der Waals surface area contributed by atoms with Gasteiger partial charge in [0.1, 0.15) is 6.10 Å². The highest BCUT2D eigenvalue weighted by Gasteiger charge is 2.24. The standard InChI is InChI=1S/C58H109NO5/c1-4-7-10-13-16-19-22-25-27-28-29-30-31-33-36-39-42-45-48-51-58(63)64-54(49-46-43-40-37-34-24-21-18-15-12-9-6-3)52-57(62)59-55(53-60)56(61)50-47-44-41-38-35-32-26-23-20-17-14-11-8-5-2/h9,12,18,21,34,37,54-56,60-61H,4-8,10-11,13-17,19-20,22-33,35-36,38-53H2,1-3H3,(H,59,62)/b12-9+,21-18+,37-34+. The lowest BCUT2D eigenvalue weighted by atomic mass is 10.0. The van der Waals surface area contributed by atoms with E-state index < -0.39 is 18.2 Å². The maximum Gasteiger partial charge on any atom is 0.306 e. The molecule has 3 N–H and O–H groups in total. The lowest BCUT2D eigenvalue weighted by Gasteiger charge is -2.24. The van der Waals surface area contributed by atoms with Crippen molar-refractivity contribution >= 4 is 11.9 Å². The van der Waals surface area contributed by atoms with Gasteiger partial charge in [0.25, 0.3) is 0 Å². The quantitative estimate of drug-likeness (QED) is 0.0321. The number of rotatable bonds is 51. The largest absolute Gasteiger partial charge is 0.462 e. The van der Waals surface area contributed by atoms with Crippen LogP contribution < -0.4 is 5.32 Å². The average molecular weight is 901 g/mol. The summed E-state index contributed by atoms with van der Waals surface area (Å²) in [6.45, 7) is 6.39. The molecule has 0 aromatic heterocycles. The molecule has 6 nitrogen and oxygen atoms in total. The third-order valence-corrected chi connectivity index (χ3v) is 13.0. The Bertz CT molecular complexity index is 1060. The van der Waals surface area contributed by atoms with E-state index >= 15 is 0 Å². The summed E-state index contributed by atoms with van der Waals surface area (Å²) in [5.74, 6) is -0.498. The number of esters is 1. The number of carbonyl (C=O) groups excluding carboxylic acids is 2. The van der Waals surface area contributed by atoms with Crippen molar-refractivity contribution in [1.29, 1.82) is 0 Å². The molecule has 0 saturated carbocycles. The Balaban J connectivity index is 4.48. The molecular weight excluding hydrogens is 791 g/mol. The number of allylic oxidation sites excluding steroid dienone is 6. The second-order valence-electron chi connectivity index (χ2n) is 19.3. The molecule has 3 atom stereocenters. The van der Waals surface area contributed by atoms with Gasteiger partial charge >= 0.3 is 5.97 Å². The molecule has 0 aromatic rings. The van der Waals surface area contributed by atoms with Crippen LogP contribution in [0.2, 0.25) is 0 Å². The normalized spacial score (nSPS) is 13.4. The summed E-state index contributed by atoms with van der Waals surface area (Å²) in [7, 11) is 0. The Morgan fingerprint density at radius 3 is 1.27 bits per heavy atom. The lowest BCUT2D eigenvalue weighted by Crippen LogP contribution is -2.46. The number of hydrogen-bond acceptors (Lipinski definition) is 5. The van der Waals surface area contributed by atoms with E-state index in [1.807, 2.05) is 0 Å². The van der Waals surface area contributed by atoms with E-state index in [9.17, 15) is 19.8 Å². The van der Waals surface area contributed by atoms with Gasteiger partial charge in [-0.25, -0.2) is 0 Å². The Kier molecular flexibility index (Phi) is 50.5. The van der Waals surface area contributed by atoms with Gasteiger partial charge in [0, 0.05) is 6.42 Å². The van der Waals surface area contributed by atoms with Gasteiger partial charge < -0.3 is 20.3 Å². The fraction of sp³-hybridized carbons (Fsp3) is 0.862. The highest BCUT2D eigenvalue weighted by molar-refractivity contribution is 5.77. The Morgan fingerprint density at radius 1 is 0.469 bits per heavy atom. The molecule has 0 aliphatic heterocycles. The number of ether oxygens (including phenoxy) is 1. The molecule has 0 aliphatic carbocycles. The number of hydrogen-bond donors (Lipinski definition) is 3. The summed E-state index contributed by atoms with van der Waals surface area (Å²) in [5.41, 5.74) is 0. The highest BCUT2D eigenvalue weighted by Crippen LogP contribution is 2.18. The van der Waals surface area contributed by atoms with Gasteiger partial charge in [0.05, 0.1) is 25.2 Å². The van der Waals surface area contributed by atoms with Crippen LogP contribution in [0.3, 0.4) is 0 Å². The summed E-state index contributed by atoms with van der Waals surface area (Å²) in [5, 5.41) is 23.8. The summed E-state index contributed by atoms with van der Waals surface area (Å²) >= 11 is 0. The molecule has 64 heavy (non-hydrogen) atoms. The minimum atomic E-state index is -0.795. The van der Waals surface area contributed by atoms with Crippen LogP contribution in [0.1, 0.15) is 297 Å². The van der Waals surface area contributed by atoms with Crippen molar-refractivity contribution in [2.75, 3.05) is 6.61 Å². The number of carbonyl (C=O) groups is 2. The van der Waals surface area contributed by atoms with Crippen LogP contribution in [0, 0.1) is 0 Å². The van der Waals surface area contributed by atoms with Crippen molar-refractivity contribution in [2.45, 2.75) is 315 Å². The smallest absolute Gasteiger partial charge is 0.306 e. The van der Waals surface area contributed by atoms with Gasteiger partial charge in [-0.05, 0) is 57.8 Å². The topological polar surface area (TPSA) is 95.9 Å². The average Bonchev–Trinajstić information content (AvgIpc) is 3.29. The van der Waals surface area contributed by atoms with E-state index in [4.69, 9.17) is 4.74 Å². The second kappa shape index (κ2) is 52.1. The van der Waals surface area contributed by atoms with Crippen molar-refractivity contribution in [1.82, 2.24) is 5.32 Å². The minimum Gasteiger partial charge on any atom is -0.462 e. The van der Waals surface area contributed by atoms with Gasteiger partial charge in [-0.1, -0.05) is 263 Å². The molecule has 6 heteroatoms.